The van der Waals surface area contributed by atoms with Crippen molar-refractivity contribution in [3.8, 4) is 0 Å². The maximum atomic E-state index is 14.1. The molecule has 0 aliphatic carbocycles. The number of ether oxygens (including phenoxy) is 1. The summed E-state index contributed by atoms with van der Waals surface area (Å²) in [5.74, 6) is -0.933. The normalized spacial score (nSPS) is 14.7. The van der Waals surface area contributed by atoms with Crippen molar-refractivity contribution in [2.45, 2.75) is 18.9 Å². The third kappa shape index (κ3) is 6.00. The molecule has 1 aliphatic heterocycles. The van der Waals surface area contributed by atoms with E-state index in [1.165, 1.54) is 17.1 Å². The van der Waals surface area contributed by atoms with E-state index in [0.717, 1.165) is 16.4 Å². The van der Waals surface area contributed by atoms with Crippen LogP contribution in [-0.4, -0.2) is 73.0 Å². The van der Waals surface area contributed by atoms with Crippen LogP contribution in [0.1, 0.15) is 12.8 Å². The van der Waals surface area contributed by atoms with Gasteiger partial charge in [-0.3, -0.25) is 4.68 Å². The molecule has 0 atom stereocenters. The summed E-state index contributed by atoms with van der Waals surface area (Å²) in [6.07, 6.45) is 3.78. The Bertz CT molecular complexity index is 1020. The molecule has 30 heavy (non-hydrogen) atoms. The number of anilines is 2. The number of urea groups is 1. The zero-order chi connectivity index (χ0) is 21.2. The van der Waals surface area contributed by atoms with Crippen molar-refractivity contribution in [3.63, 3.8) is 0 Å². The number of nitrogens with one attached hydrogen (secondary N) is 2. The zero-order valence-corrected chi connectivity index (χ0v) is 17.6. The second kappa shape index (κ2) is 10.5. The summed E-state index contributed by atoms with van der Waals surface area (Å²) in [6.45, 7) is 0.769. The molecule has 1 aromatic heterocycles. The van der Waals surface area contributed by atoms with E-state index >= 15 is 0 Å². The Labute approximate surface area is 205 Å². The Kier molecular flexibility index (Phi) is 8.80. The number of halogens is 3. The molecule has 2 heterocycles. The molecular weight excluding hydrogens is 471 g/mol. The number of benzene rings is 1. The van der Waals surface area contributed by atoms with Crippen molar-refractivity contribution >= 4 is 80.4 Å². The molecule has 1 aromatic carbocycles. The Morgan fingerprint density at radius 3 is 2.60 bits per heavy atom. The van der Waals surface area contributed by atoms with E-state index in [1.807, 2.05) is 4.72 Å². The van der Waals surface area contributed by atoms with Gasteiger partial charge in [-0.05, 0) is 25.0 Å². The second-order valence-corrected chi connectivity index (χ2v) is 8.71. The third-order valence-corrected chi connectivity index (χ3v) is 6.15. The fourth-order valence-corrected chi connectivity index (χ4v) is 4.80. The summed E-state index contributed by atoms with van der Waals surface area (Å²) in [6, 6.07) is 0.679. The fourth-order valence-electron chi connectivity index (χ4n) is 2.95. The summed E-state index contributed by atoms with van der Waals surface area (Å²) in [4.78, 5) is 12.3. The first-order valence-corrected chi connectivity index (χ1v) is 10.7. The van der Waals surface area contributed by atoms with Crippen molar-refractivity contribution in [1.29, 1.82) is 0 Å². The summed E-state index contributed by atoms with van der Waals surface area (Å²) >= 11 is 11.5. The molecule has 0 saturated carbocycles. The molecule has 3 rings (SSSR count). The van der Waals surface area contributed by atoms with Gasteiger partial charge in [0.2, 0.25) is 0 Å². The summed E-state index contributed by atoms with van der Waals surface area (Å²) < 4.78 is 49.8. The van der Waals surface area contributed by atoms with Crippen LogP contribution in [0, 0.1) is 5.82 Å². The number of amides is 2. The van der Waals surface area contributed by atoms with E-state index in [9.17, 15) is 17.6 Å². The number of rotatable bonds is 5. The van der Waals surface area contributed by atoms with Crippen LogP contribution in [0.2, 0.25) is 10.0 Å². The number of aromatic nitrogens is 2. The molecule has 2 aromatic rings. The predicted molar refractivity (Wildman–Crippen MR) is 114 cm³/mol. The predicted octanol–water partition coefficient (Wildman–Crippen LogP) is 2.27. The second-order valence-electron chi connectivity index (χ2n) is 6.32. The van der Waals surface area contributed by atoms with Crippen LogP contribution in [0.25, 0.3) is 0 Å². The molecule has 9 nitrogen and oxygen atoms in total. The third-order valence-electron chi connectivity index (χ3n) is 4.19. The maximum absolute atomic E-state index is 14.1. The summed E-state index contributed by atoms with van der Waals surface area (Å²) in [5.41, 5.74) is -0.0640. The van der Waals surface area contributed by atoms with E-state index in [0.29, 0.717) is 26.1 Å². The van der Waals surface area contributed by atoms with Crippen molar-refractivity contribution < 1.29 is 22.3 Å². The molecule has 0 spiro atoms. The average molecular weight is 490 g/mol. The molecule has 0 unspecified atom stereocenters. The van der Waals surface area contributed by atoms with Crippen LogP contribution in [0.5, 0.6) is 0 Å². The number of hydrogen-bond acceptors (Lipinski definition) is 5. The minimum atomic E-state index is -4.34. The molecule has 1 fully saturated rings. The average Bonchev–Trinajstić information content (AvgIpc) is 3.05. The molecule has 1 aliphatic rings. The Morgan fingerprint density at radius 1 is 1.33 bits per heavy atom. The van der Waals surface area contributed by atoms with Gasteiger partial charge in [-0.1, -0.05) is 23.2 Å². The first kappa shape index (κ1) is 25.2. The minimum absolute atomic E-state index is 0. The van der Waals surface area contributed by atoms with Crippen LogP contribution in [-0.2, 0) is 22.0 Å². The van der Waals surface area contributed by atoms with Gasteiger partial charge < -0.3 is 10.1 Å². The van der Waals surface area contributed by atoms with E-state index < -0.39 is 28.1 Å². The van der Waals surface area contributed by atoms with Gasteiger partial charge >= 0.3 is 45.8 Å². The van der Waals surface area contributed by atoms with Gasteiger partial charge in [0.15, 0.2) is 5.82 Å². The standard InChI is InChI=1S/C16H18Cl2FN5O4S.Na.H/c1-23-9-12(8-20-23)24(11-2-4-28-5-3-11)29(26,27)22-16(25)21-14-7-10(17)6-13(18)15(14)19;;/h6-9,11H,2-5H2,1H3,(H2,21,22,25);;. The Hall–Kier alpha value is -1.08. The zero-order valence-electron chi connectivity index (χ0n) is 15.2. The van der Waals surface area contributed by atoms with E-state index in [4.69, 9.17) is 27.9 Å². The quantitative estimate of drug-likeness (QED) is 0.494. The van der Waals surface area contributed by atoms with Crippen LogP contribution in [0.15, 0.2) is 24.5 Å². The van der Waals surface area contributed by atoms with E-state index in [2.05, 4.69) is 10.4 Å². The van der Waals surface area contributed by atoms with Crippen LogP contribution in [0.3, 0.4) is 0 Å². The number of hydrogen-bond donors (Lipinski definition) is 2. The monoisotopic (exact) mass is 489 g/mol. The van der Waals surface area contributed by atoms with Crippen molar-refractivity contribution in [3.05, 3.63) is 40.4 Å². The molecule has 160 valence electrons. The topological polar surface area (TPSA) is 106 Å². The molecule has 14 heteroatoms. The molecule has 2 amide bonds. The van der Waals surface area contributed by atoms with Crippen LogP contribution in [0.4, 0.5) is 20.6 Å². The van der Waals surface area contributed by atoms with Gasteiger partial charge in [-0.15, -0.1) is 0 Å². The van der Waals surface area contributed by atoms with Gasteiger partial charge in [0.1, 0.15) is 0 Å². The van der Waals surface area contributed by atoms with Gasteiger partial charge in [0, 0.05) is 31.5 Å². The molecule has 0 bridgehead atoms. The van der Waals surface area contributed by atoms with Crippen molar-refractivity contribution in [1.82, 2.24) is 14.5 Å². The fraction of sp³-hybridized carbons (Fsp3) is 0.375. The van der Waals surface area contributed by atoms with Crippen molar-refractivity contribution in [2.24, 2.45) is 7.05 Å². The Morgan fingerprint density at radius 2 is 2.00 bits per heavy atom. The van der Waals surface area contributed by atoms with Crippen molar-refractivity contribution in [2.75, 3.05) is 22.8 Å². The summed E-state index contributed by atoms with van der Waals surface area (Å²) in [5, 5.41) is 5.88. The molecule has 2 N–H and O–H groups in total. The van der Waals surface area contributed by atoms with Gasteiger partial charge in [-0.25, -0.2) is 18.2 Å². The molecule has 1 saturated heterocycles. The molecule has 0 radical (unpaired) electrons. The van der Waals surface area contributed by atoms with Crippen LogP contribution >= 0.6 is 23.2 Å². The molecular formula is C16H19Cl2FN5NaO4S. The Balaban J connectivity index is 0.00000320. The van der Waals surface area contributed by atoms with Gasteiger partial charge in [0.05, 0.1) is 28.6 Å². The first-order valence-electron chi connectivity index (χ1n) is 8.51. The summed E-state index contributed by atoms with van der Waals surface area (Å²) in [7, 11) is -2.70. The number of aryl methyl sites for hydroxylation is 1. The van der Waals surface area contributed by atoms with E-state index in [-0.39, 0.29) is 51.0 Å². The van der Waals surface area contributed by atoms with Gasteiger partial charge in [0.25, 0.3) is 0 Å². The number of carbonyl (C=O) groups is 1. The van der Waals surface area contributed by atoms with E-state index in [1.54, 1.807) is 7.05 Å². The number of carbonyl (C=O) groups excluding carboxylic acids is 1. The first-order chi connectivity index (χ1) is 13.7. The van der Waals surface area contributed by atoms with Gasteiger partial charge in [-0.2, -0.15) is 13.5 Å². The SMILES string of the molecule is Cn1cc(N(C2CCOCC2)S(=O)(=O)NC(=O)Nc2cc(Cl)cc(Cl)c2F)cn1.[NaH]. The number of nitrogens with zero attached hydrogens (tertiary/aromatic N) is 3. The van der Waals surface area contributed by atoms with Crippen LogP contribution < -0.4 is 14.3 Å².